The molecular formula is C19H22N2O3. The highest BCUT2D eigenvalue weighted by Gasteiger charge is 2.17. The van der Waals surface area contributed by atoms with Crippen LogP contribution in [0.5, 0.6) is 11.5 Å². The molecule has 0 unspecified atom stereocenters. The zero-order valence-corrected chi connectivity index (χ0v) is 14.1. The van der Waals surface area contributed by atoms with Crippen LogP contribution in [-0.4, -0.2) is 37.7 Å². The maximum absolute atomic E-state index is 12.6. The summed E-state index contributed by atoms with van der Waals surface area (Å²) in [6, 6.07) is 15.8. The number of hydrogen-bond donors (Lipinski definition) is 0. The third-order valence-electron chi connectivity index (χ3n) is 4.11. The predicted octanol–water partition coefficient (Wildman–Crippen LogP) is 2.90. The average Bonchev–Trinajstić information content (AvgIpc) is 3.08. The monoisotopic (exact) mass is 326 g/mol. The van der Waals surface area contributed by atoms with Crippen molar-refractivity contribution < 1.29 is 14.3 Å². The van der Waals surface area contributed by atoms with Crippen molar-refractivity contribution in [3.05, 3.63) is 54.1 Å². The van der Waals surface area contributed by atoms with Gasteiger partial charge in [-0.05, 0) is 36.8 Å². The fourth-order valence-electron chi connectivity index (χ4n) is 2.71. The topological polar surface area (TPSA) is 42.0 Å². The van der Waals surface area contributed by atoms with Gasteiger partial charge in [-0.3, -0.25) is 4.79 Å². The van der Waals surface area contributed by atoms with Gasteiger partial charge in [0.25, 0.3) is 0 Å². The molecule has 0 atom stereocenters. The van der Waals surface area contributed by atoms with E-state index in [2.05, 4.69) is 11.8 Å². The minimum atomic E-state index is 0.0818. The number of para-hydroxylation sites is 1. The van der Waals surface area contributed by atoms with Crippen LogP contribution < -0.4 is 14.4 Å². The highest BCUT2D eigenvalue weighted by Crippen LogP contribution is 2.32. The first kappa shape index (κ1) is 16.2. The second-order valence-corrected chi connectivity index (χ2v) is 5.79. The summed E-state index contributed by atoms with van der Waals surface area (Å²) in [5, 5.41) is 0. The lowest BCUT2D eigenvalue weighted by Gasteiger charge is -2.26. The summed E-state index contributed by atoms with van der Waals surface area (Å²) in [6.45, 7) is 4.01. The lowest BCUT2D eigenvalue weighted by atomic mass is 10.2. The van der Waals surface area contributed by atoms with Gasteiger partial charge in [0.05, 0.1) is 6.54 Å². The van der Waals surface area contributed by atoms with Crippen LogP contribution in [0.2, 0.25) is 0 Å². The van der Waals surface area contributed by atoms with Gasteiger partial charge in [0.2, 0.25) is 12.7 Å². The normalized spacial score (nSPS) is 12.1. The number of amides is 1. The first-order chi connectivity index (χ1) is 11.7. The van der Waals surface area contributed by atoms with E-state index < -0.39 is 0 Å². The Labute approximate surface area is 142 Å². The molecule has 0 radical (unpaired) electrons. The van der Waals surface area contributed by atoms with Crippen molar-refractivity contribution >= 4 is 11.6 Å². The molecule has 0 bridgehead atoms. The van der Waals surface area contributed by atoms with Gasteiger partial charge >= 0.3 is 0 Å². The van der Waals surface area contributed by atoms with Gasteiger partial charge in [-0.15, -0.1) is 0 Å². The second-order valence-electron chi connectivity index (χ2n) is 5.79. The van der Waals surface area contributed by atoms with Gasteiger partial charge < -0.3 is 19.3 Å². The molecule has 0 fully saturated rings. The Morgan fingerprint density at radius 1 is 1.08 bits per heavy atom. The molecule has 1 aliphatic rings. The van der Waals surface area contributed by atoms with Crippen molar-refractivity contribution in [1.82, 2.24) is 4.90 Å². The number of benzene rings is 2. The van der Waals surface area contributed by atoms with Gasteiger partial charge in [-0.1, -0.05) is 24.3 Å². The van der Waals surface area contributed by atoms with Crippen molar-refractivity contribution in [2.75, 3.05) is 31.8 Å². The molecule has 3 rings (SSSR count). The van der Waals surface area contributed by atoms with Crippen LogP contribution >= 0.6 is 0 Å². The molecule has 2 aromatic carbocycles. The molecule has 2 aromatic rings. The number of rotatable bonds is 6. The summed E-state index contributed by atoms with van der Waals surface area (Å²) in [7, 11) is 1.83. The number of anilines is 1. The number of hydrogen-bond acceptors (Lipinski definition) is 4. The minimum absolute atomic E-state index is 0.0818. The third kappa shape index (κ3) is 3.62. The van der Waals surface area contributed by atoms with Crippen LogP contribution in [-0.2, 0) is 11.3 Å². The number of ether oxygens (including phenoxy) is 2. The van der Waals surface area contributed by atoms with E-state index in [9.17, 15) is 4.79 Å². The molecule has 0 aromatic heterocycles. The molecule has 5 nitrogen and oxygen atoms in total. The molecule has 0 spiro atoms. The largest absolute Gasteiger partial charge is 0.454 e. The van der Waals surface area contributed by atoms with Gasteiger partial charge in [0.15, 0.2) is 11.5 Å². The van der Waals surface area contributed by atoms with E-state index in [4.69, 9.17) is 9.47 Å². The summed E-state index contributed by atoms with van der Waals surface area (Å²) in [5.41, 5.74) is 2.09. The number of carbonyl (C=O) groups is 1. The average molecular weight is 326 g/mol. The number of carbonyl (C=O) groups excluding carboxylic acids is 1. The Morgan fingerprint density at radius 2 is 1.83 bits per heavy atom. The van der Waals surface area contributed by atoms with E-state index >= 15 is 0 Å². The zero-order valence-electron chi connectivity index (χ0n) is 14.1. The van der Waals surface area contributed by atoms with Crippen LogP contribution in [0, 0.1) is 0 Å². The molecule has 24 heavy (non-hydrogen) atoms. The molecule has 1 aliphatic heterocycles. The van der Waals surface area contributed by atoms with E-state index in [0.717, 1.165) is 29.3 Å². The Morgan fingerprint density at radius 3 is 2.58 bits per heavy atom. The lowest BCUT2D eigenvalue weighted by molar-refractivity contribution is -0.128. The quantitative estimate of drug-likeness (QED) is 0.818. The molecule has 1 heterocycles. The molecule has 0 N–H and O–H groups in total. The smallest absolute Gasteiger partial charge is 0.242 e. The van der Waals surface area contributed by atoms with Gasteiger partial charge in [0.1, 0.15) is 0 Å². The number of fused-ring (bicyclic) bond motifs is 1. The fourth-order valence-corrected chi connectivity index (χ4v) is 2.71. The van der Waals surface area contributed by atoms with E-state index in [1.165, 1.54) is 0 Å². The third-order valence-corrected chi connectivity index (χ3v) is 4.11. The first-order valence-electron chi connectivity index (χ1n) is 8.10. The molecule has 126 valence electrons. The Bertz CT molecular complexity index is 703. The van der Waals surface area contributed by atoms with E-state index in [-0.39, 0.29) is 12.7 Å². The van der Waals surface area contributed by atoms with E-state index in [1.54, 1.807) is 4.90 Å². The molecule has 0 saturated carbocycles. The maximum Gasteiger partial charge on any atom is 0.242 e. The van der Waals surface area contributed by atoms with E-state index in [1.807, 2.05) is 55.6 Å². The minimum Gasteiger partial charge on any atom is -0.454 e. The van der Waals surface area contributed by atoms with E-state index in [0.29, 0.717) is 13.1 Å². The first-order valence-corrected chi connectivity index (χ1v) is 8.10. The fraction of sp³-hybridized carbons (Fsp3) is 0.316. The van der Waals surface area contributed by atoms with Crippen molar-refractivity contribution in [2.24, 2.45) is 0 Å². The van der Waals surface area contributed by atoms with Crippen molar-refractivity contribution in [2.45, 2.75) is 13.5 Å². The summed E-state index contributed by atoms with van der Waals surface area (Å²) in [4.78, 5) is 16.4. The molecular weight excluding hydrogens is 304 g/mol. The molecule has 1 amide bonds. The molecule has 0 aliphatic carbocycles. The van der Waals surface area contributed by atoms with Crippen LogP contribution in [0.25, 0.3) is 0 Å². The maximum atomic E-state index is 12.6. The Hall–Kier alpha value is -2.69. The number of nitrogens with zero attached hydrogens (tertiary/aromatic N) is 2. The lowest BCUT2D eigenvalue weighted by Crippen LogP contribution is -2.38. The van der Waals surface area contributed by atoms with Crippen LogP contribution in [0.4, 0.5) is 5.69 Å². The SMILES string of the molecule is CCN(CC(=O)N(C)Cc1ccc2c(c1)OCO2)c1ccccc1. The van der Waals surface area contributed by atoms with Gasteiger partial charge in [-0.25, -0.2) is 0 Å². The Kier molecular flexibility index (Phi) is 4.89. The summed E-state index contributed by atoms with van der Waals surface area (Å²) < 4.78 is 10.7. The zero-order chi connectivity index (χ0) is 16.9. The highest BCUT2D eigenvalue weighted by atomic mass is 16.7. The Balaban J connectivity index is 1.62. The van der Waals surface area contributed by atoms with Crippen molar-refractivity contribution in [3.63, 3.8) is 0 Å². The molecule has 5 heteroatoms. The second kappa shape index (κ2) is 7.25. The highest BCUT2D eigenvalue weighted by molar-refractivity contribution is 5.81. The molecule has 0 saturated heterocycles. The van der Waals surface area contributed by atoms with Gasteiger partial charge in [-0.2, -0.15) is 0 Å². The van der Waals surface area contributed by atoms with Crippen molar-refractivity contribution in [1.29, 1.82) is 0 Å². The summed E-state index contributed by atoms with van der Waals surface area (Å²) in [6.07, 6.45) is 0. The predicted molar refractivity (Wildman–Crippen MR) is 93.4 cm³/mol. The standard InChI is InChI=1S/C19H22N2O3/c1-3-21(16-7-5-4-6-8-16)13-19(22)20(2)12-15-9-10-17-18(11-15)24-14-23-17/h4-11H,3,12-14H2,1-2H3. The van der Waals surface area contributed by atoms with Crippen LogP contribution in [0.1, 0.15) is 12.5 Å². The summed E-state index contributed by atoms with van der Waals surface area (Å²) in [5.74, 6) is 1.58. The summed E-state index contributed by atoms with van der Waals surface area (Å²) >= 11 is 0. The van der Waals surface area contributed by atoms with Crippen LogP contribution in [0.15, 0.2) is 48.5 Å². The van der Waals surface area contributed by atoms with Crippen LogP contribution in [0.3, 0.4) is 0 Å². The van der Waals surface area contributed by atoms with Crippen molar-refractivity contribution in [3.8, 4) is 11.5 Å². The number of likely N-dealkylation sites (N-methyl/N-ethyl adjacent to an activating group) is 2. The van der Waals surface area contributed by atoms with Gasteiger partial charge in [0, 0.05) is 25.8 Å².